The molecule has 20 heavy (non-hydrogen) atoms. The second-order valence-electron chi connectivity index (χ2n) is 4.60. The lowest BCUT2D eigenvalue weighted by molar-refractivity contribution is 0.451. The highest BCUT2D eigenvalue weighted by Gasteiger charge is 2.06. The van der Waals surface area contributed by atoms with Gasteiger partial charge in [0, 0.05) is 18.3 Å². The summed E-state index contributed by atoms with van der Waals surface area (Å²) in [4.78, 5) is 8.99. The van der Waals surface area contributed by atoms with E-state index in [0.717, 1.165) is 42.3 Å². The second kappa shape index (κ2) is 7.01. The molecular weight excluding hydrogens is 250 g/mol. The zero-order valence-electron chi connectivity index (χ0n) is 12.3. The number of nitrogens with one attached hydrogen (secondary N) is 1. The van der Waals surface area contributed by atoms with Crippen LogP contribution in [0.2, 0.25) is 0 Å². The number of nitrogens with zero attached hydrogens (tertiary/aromatic N) is 2. The molecule has 2 rings (SSSR count). The Balaban J connectivity index is 2.17. The number of hydrogen-bond donors (Lipinski definition) is 1. The van der Waals surface area contributed by atoms with Gasteiger partial charge in [0.1, 0.15) is 0 Å². The molecule has 1 N–H and O–H groups in total. The molecule has 0 aliphatic carbocycles. The minimum Gasteiger partial charge on any atom is -0.437 e. The molecule has 2 aromatic heterocycles. The van der Waals surface area contributed by atoms with Gasteiger partial charge in [0.15, 0.2) is 5.75 Å². The van der Waals surface area contributed by atoms with E-state index in [4.69, 9.17) is 4.74 Å². The smallest absolute Gasteiger partial charge is 0.219 e. The number of aromatic nitrogens is 2. The largest absolute Gasteiger partial charge is 0.437 e. The Bertz CT molecular complexity index is 569. The van der Waals surface area contributed by atoms with Gasteiger partial charge in [-0.05, 0) is 38.1 Å². The van der Waals surface area contributed by atoms with Crippen LogP contribution in [0.1, 0.15) is 30.9 Å². The van der Waals surface area contributed by atoms with Gasteiger partial charge in [0.05, 0.1) is 11.4 Å². The Morgan fingerprint density at radius 3 is 2.70 bits per heavy atom. The predicted octanol–water partition coefficient (Wildman–Crippen LogP) is 3.25. The van der Waals surface area contributed by atoms with Crippen molar-refractivity contribution in [2.45, 2.75) is 33.7 Å². The van der Waals surface area contributed by atoms with E-state index in [-0.39, 0.29) is 0 Å². The highest BCUT2D eigenvalue weighted by atomic mass is 16.5. The van der Waals surface area contributed by atoms with E-state index in [1.54, 1.807) is 0 Å². The third kappa shape index (κ3) is 3.78. The summed E-state index contributed by atoms with van der Waals surface area (Å²) in [6.45, 7) is 7.81. The molecule has 0 aromatic carbocycles. The third-order valence-electron chi connectivity index (χ3n) is 2.96. The van der Waals surface area contributed by atoms with Crippen LogP contribution >= 0.6 is 0 Å². The number of aryl methyl sites for hydroxylation is 2. The van der Waals surface area contributed by atoms with Crippen molar-refractivity contribution in [1.82, 2.24) is 15.3 Å². The van der Waals surface area contributed by atoms with Gasteiger partial charge in [-0.3, -0.25) is 4.98 Å². The first kappa shape index (κ1) is 14.5. The van der Waals surface area contributed by atoms with Crippen molar-refractivity contribution in [3.63, 3.8) is 0 Å². The summed E-state index contributed by atoms with van der Waals surface area (Å²) in [6.07, 6.45) is 0.841. The summed E-state index contributed by atoms with van der Waals surface area (Å²) < 4.78 is 5.87. The molecule has 0 amide bonds. The van der Waals surface area contributed by atoms with Crippen LogP contribution in [0.4, 0.5) is 0 Å². The predicted molar refractivity (Wildman–Crippen MR) is 80.0 cm³/mol. The van der Waals surface area contributed by atoms with Gasteiger partial charge in [-0.1, -0.05) is 19.9 Å². The van der Waals surface area contributed by atoms with Crippen molar-refractivity contribution in [3.05, 3.63) is 47.4 Å². The van der Waals surface area contributed by atoms with E-state index < -0.39 is 0 Å². The van der Waals surface area contributed by atoms with Crippen LogP contribution < -0.4 is 10.1 Å². The van der Waals surface area contributed by atoms with Crippen molar-refractivity contribution in [3.8, 4) is 11.6 Å². The first-order valence-electron chi connectivity index (χ1n) is 7.04. The molecule has 0 aliphatic heterocycles. The molecule has 0 aliphatic rings. The highest BCUT2D eigenvalue weighted by molar-refractivity contribution is 5.33. The van der Waals surface area contributed by atoms with Crippen LogP contribution in [-0.2, 0) is 13.0 Å². The number of pyridine rings is 2. The van der Waals surface area contributed by atoms with Crippen LogP contribution in [0.15, 0.2) is 30.3 Å². The molecule has 0 unspecified atom stereocenters. The molecule has 2 heterocycles. The molecule has 0 saturated heterocycles. The van der Waals surface area contributed by atoms with Gasteiger partial charge in [0.25, 0.3) is 0 Å². The Morgan fingerprint density at radius 1 is 1.10 bits per heavy atom. The van der Waals surface area contributed by atoms with Crippen molar-refractivity contribution in [2.24, 2.45) is 0 Å². The molecule has 0 saturated carbocycles. The standard InChI is InChI=1S/C16H21N3O/c1-4-14-15(10-9-12(3)18-14)20-16-8-6-7-13(19-16)11-17-5-2/h6-10,17H,4-5,11H2,1-3H3. The second-order valence-corrected chi connectivity index (χ2v) is 4.60. The monoisotopic (exact) mass is 271 g/mol. The summed E-state index contributed by atoms with van der Waals surface area (Å²) in [7, 11) is 0. The Morgan fingerprint density at radius 2 is 1.95 bits per heavy atom. The molecule has 0 spiro atoms. The van der Waals surface area contributed by atoms with E-state index in [1.165, 1.54) is 0 Å². The van der Waals surface area contributed by atoms with E-state index in [0.29, 0.717) is 5.88 Å². The maximum absolute atomic E-state index is 5.87. The van der Waals surface area contributed by atoms with Gasteiger partial charge in [-0.15, -0.1) is 0 Å². The lowest BCUT2D eigenvalue weighted by atomic mass is 10.2. The van der Waals surface area contributed by atoms with Crippen LogP contribution in [0.5, 0.6) is 11.6 Å². The summed E-state index contributed by atoms with van der Waals surface area (Å²) >= 11 is 0. The van der Waals surface area contributed by atoms with Crippen molar-refractivity contribution in [1.29, 1.82) is 0 Å². The van der Waals surface area contributed by atoms with Crippen molar-refractivity contribution >= 4 is 0 Å². The Labute approximate surface area is 120 Å². The molecule has 0 fully saturated rings. The fourth-order valence-electron chi connectivity index (χ4n) is 1.92. The van der Waals surface area contributed by atoms with Crippen LogP contribution in [-0.4, -0.2) is 16.5 Å². The van der Waals surface area contributed by atoms with Crippen molar-refractivity contribution in [2.75, 3.05) is 6.54 Å². The normalized spacial score (nSPS) is 10.6. The molecule has 0 radical (unpaired) electrons. The molecule has 4 heteroatoms. The van der Waals surface area contributed by atoms with Crippen LogP contribution in [0.3, 0.4) is 0 Å². The van der Waals surface area contributed by atoms with E-state index in [9.17, 15) is 0 Å². The molecule has 4 nitrogen and oxygen atoms in total. The highest BCUT2D eigenvalue weighted by Crippen LogP contribution is 2.23. The van der Waals surface area contributed by atoms with Crippen molar-refractivity contribution < 1.29 is 4.74 Å². The van der Waals surface area contributed by atoms with Gasteiger partial charge < -0.3 is 10.1 Å². The quantitative estimate of drug-likeness (QED) is 0.876. The maximum Gasteiger partial charge on any atom is 0.219 e. The lowest BCUT2D eigenvalue weighted by Crippen LogP contribution is -2.12. The van der Waals surface area contributed by atoms with Crippen LogP contribution in [0, 0.1) is 6.92 Å². The molecular formula is C16H21N3O. The zero-order chi connectivity index (χ0) is 14.4. The molecule has 0 bridgehead atoms. The minimum atomic E-state index is 0.612. The maximum atomic E-state index is 5.87. The topological polar surface area (TPSA) is 47.0 Å². The van der Waals surface area contributed by atoms with E-state index >= 15 is 0 Å². The molecule has 0 atom stereocenters. The number of rotatable bonds is 6. The van der Waals surface area contributed by atoms with E-state index in [1.807, 2.05) is 37.3 Å². The molecule has 106 valence electrons. The first-order chi connectivity index (χ1) is 9.72. The fraction of sp³-hybridized carbons (Fsp3) is 0.375. The average Bonchev–Trinajstić information content (AvgIpc) is 2.47. The third-order valence-corrected chi connectivity index (χ3v) is 2.96. The number of hydrogen-bond acceptors (Lipinski definition) is 4. The summed E-state index contributed by atoms with van der Waals surface area (Å²) in [5, 5.41) is 3.26. The summed E-state index contributed by atoms with van der Waals surface area (Å²) in [5.74, 6) is 1.40. The number of ether oxygens (including phenoxy) is 1. The SMILES string of the molecule is CCNCc1cccc(Oc2ccc(C)nc2CC)n1. The van der Waals surface area contributed by atoms with Gasteiger partial charge in [-0.25, -0.2) is 4.98 Å². The molecule has 2 aromatic rings. The van der Waals surface area contributed by atoms with E-state index in [2.05, 4.69) is 29.1 Å². The van der Waals surface area contributed by atoms with Gasteiger partial charge >= 0.3 is 0 Å². The average molecular weight is 271 g/mol. The minimum absolute atomic E-state index is 0.612. The first-order valence-corrected chi connectivity index (χ1v) is 7.04. The van der Waals surface area contributed by atoms with Gasteiger partial charge in [0.2, 0.25) is 5.88 Å². The zero-order valence-corrected chi connectivity index (χ0v) is 12.3. The lowest BCUT2D eigenvalue weighted by Gasteiger charge is -2.10. The summed E-state index contributed by atoms with van der Waals surface area (Å²) in [6, 6.07) is 9.73. The van der Waals surface area contributed by atoms with Gasteiger partial charge in [-0.2, -0.15) is 0 Å². The Hall–Kier alpha value is -1.94. The Kier molecular flexibility index (Phi) is 5.07. The summed E-state index contributed by atoms with van der Waals surface area (Å²) in [5.41, 5.74) is 2.94. The van der Waals surface area contributed by atoms with Crippen LogP contribution in [0.25, 0.3) is 0 Å². The fourth-order valence-corrected chi connectivity index (χ4v) is 1.92.